The lowest BCUT2D eigenvalue weighted by Gasteiger charge is -2.34. The van der Waals surface area contributed by atoms with Gasteiger partial charge >= 0.3 is 5.97 Å². The average Bonchev–Trinajstić information content (AvgIpc) is 2.75. The largest absolute Gasteiger partial charge is 1.00 e. The highest BCUT2D eigenvalue weighted by molar-refractivity contribution is 7.96. The molecule has 0 radical (unpaired) electrons. The molecule has 3 aromatic carbocycles. The molecule has 0 saturated carbocycles. The second kappa shape index (κ2) is 11.3. The summed E-state index contributed by atoms with van der Waals surface area (Å²) >= 11 is 0. The van der Waals surface area contributed by atoms with Crippen molar-refractivity contribution in [2.45, 2.75) is 38.3 Å². The van der Waals surface area contributed by atoms with Crippen LogP contribution in [0.3, 0.4) is 0 Å². The molecule has 0 aliphatic rings. The van der Waals surface area contributed by atoms with Crippen LogP contribution in [0.25, 0.3) is 0 Å². The van der Waals surface area contributed by atoms with Crippen molar-refractivity contribution in [3.8, 4) is 0 Å². The monoisotopic (exact) mass is 470 g/mol. The van der Waals surface area contributed by atoms with Crippen molar-refractivity contribution in [1.29, 1.82) is 0 Å². The first-order valence-corrected chi connectivity index (χ1v) is 11.8. The van der Waals surface area contributed by atoms with Crippen LogP contribution in [0.5, 0.6) is 0 Å². The second-order valence-electron chi connectivity index (χ2n) is 7.08. The topological polar surface area (TPSA) is 37.3 Å². The highest BCUT2D eigenvalue weighted by Gasteiger charge is 2.50. The predicted octanol–water partition coefficient (Wildman–Crippen LogP) is 2.02. The summed E-state index contributed by atoms with van der Waals surface area (Å²) in [6, 6.07) is 32.5. The molecule has 3 aromatic rings. The molecule has 0 aliphatic heterocycles. The Kier molecular flexibility index (Phi) is 9.07. The van der Waals surface area contributed by atoms with Crippen LogP contribution in [0.2, 0.25) is 0 Å². The molecule has 0 spiro atoms. The number of aliphatic carboxylic acids is 1. The smallest absolute Gasteiger partial charge is 0.303 e. The van der Waals surface area contributed by atoms with Gasteiger partial charge in [0.1, 0.15) is 23.2 Å². The van der Waals surface area contributed by atoms with E-state index in [1.54, 1.807) is 0 Å². The molecule has 1 N–H and O–H groups in total. The van der Waals surface area contributed by atoms with E-state index in [2.05, 4.69) is 97.9 Å². The molecule has 0 fully saturated rings. The van der Waals surface area contributed by atoms with Crippen LogP contribution in [-0.4, -0.2) is 16.7 Å². The molecule has 3 rings (SSSR count). The van der Waals surface area contributed by atoms with Crippen molar-refractivity contribution in [3.05, 3.63) is 91.0 Å². The van der Waals surface area contributed by atoms with Crippen LogP contribution >= 0.6 is 7.26 Å². The van der Waals surface area contributed by atoms with E-state index in [9.17, 15) is 4.79 Å². The molecule has 0 aromatic heterocycles. The van der Waals surface area contributed by atoms with E-state index in [0.29, 0.717) is 12.1 Å². The number of benzene rings is 3. The summed E-state index contributed by atoms with van der Waals surface area (Å²) in [5.41, 5.74) is 0.402. The first-order chi connectivity index (χ1) is 13.7. The van der Waals surface area contributed by atoms with Crippen LogP contribution in [0.15, 0.2) is 91.0 Å². The summed E-state index contributed by atoms with van der Waals surface area (Å²) in [5.74, 6) is -0.710. The van der Waals surface area contributed by atoms with Crippen LogP contribution in [0.4, 0.5) is 0 Å². The molecule has 1 atom stereocenters. The molecular weight excluding hydrogens is 443 g/mol. The van der Waals surface area contributed by atoms with Crippen molar-refractivity contribution in [3.63, 3.8) is 0 Å². The van der Waals surface area contributed by atoms with Gasteiger partial charge in [0.2, 0.25) is 0 Å². The Morgan fingerprint density at radius 1 is 0.793 bits per heavy atom. The Morgan fingerprint density at radius 2 is 1.17 bits per heavy atom. The number of rotatable bonds is 9. The molecule has 0 bridgehead atoms. The van der Waals surface area contributed by atoms with Gasteiger partial charge in [-0.1, -0.05) is 61.5 Å². The number of carboxylic acids is 1. The third kappa shape index (κ3) is 5.15. The maximum Gasteiger partial charge on any atom is 0.303 e. The lowest BCUT2D eigenvalue weighted by Crippen LogP contribution is -3.00. The Hall–Kier alpha value is -1.96. The van der Waals surface area contributed by atoms with Gasteiger partial charge in [-0.2, -0.15) is 0 Å². The van der Waals surface area contributed by atoms with Crippen molar-refractivity contribution in [1.82, 2.24) is 0 Å². The van der Waals surface area contributed by atoms with E-state index in [4.69, 9.17) is 5.11 Å². The maximum absolute atomic E-state index is 11.1. The molecular formula is C25H28BrO2P. The first-order valence-electron chi connectivity index (χ1n) is 9.97. The van der Waals surface area contributed by atoms with Gasteiger partial charge in [-0.05, 0) is 55.7 Å². The van der Waals surface area contributed by atoms with E-state index < -0.39 is 13.2 Å². The Morgan fingerprint density at radius 3 is 1.48 bits per heavy atom. The molecule has 0 amide bonds. The summed E-state index contributed by atoms with van der Waals surface area (Å²) in [5, 5.41) is 13.3. The second-order valence-corrected chi connectivity index (χ2v) is 10.8. The molecule has 0 saturated heterocycles. The van der Waals surface area contributed by atoms with Crippen LogP contribution in [-0.2, 0) is 4.79 Å². The van der Waals surface area contributed by atoms with E-state index in [0.717, 1.165) is 12.8 Å². The van der Waals surface area contributed by atoms with Crippen LogP contribution in [0, 0.1) is 0 Å². The number of carboxylic acid groups (broad SMARTS) is 1. The maximum atomic E-state index is 11.1. The fourth-order valence-corrected chi connectivity index (χ4v) is 9.43. The normalized spacial score (nSPS) is 12.0. The lowest BCUT2D eigenvalue weighted by atomic mass is 10.1. The lowest BCUT2D eigenvalue weighted by molar-refractivity contribution is -0.137. The number of hydrogen-bond donors (Lipinski definition) is 1. The van der Waals surface area contributed by atoms with Gasteiger partial charge in [-0.3, -0.25) is 4.79 Å². The first kappa shape index (κ1) is 23.3. The summed E-state index contributed by atoms with van der Waals surface area (Å²) in [6.45, 7) is 2.25. The van der Waals surface area contributed by atoms with Crippen molar-refractivity contribution < 1.29 is 26.9 Å². The summed E-state index contributed by atoms with van der Waals surface area (Å²) in [7, 11) is -1.92. The molecule has 1 unspecified atom stereocenters. The van der Waals surface area contributed by atoms with E-state index in [-0.39, 0.29) is 23.4 Å². The molecule has 0 heterocycles. The molecule has 0 aliphatic carbocycles. The standard InChI is InChI=1S/C25H27O2P.BrH/c1-2-21(19-12-20-25(26)27)28(22-13-6-3-7-14-22,23-15-8-4-9-16-23)24-17-10-5-11-18-24;/h3-11,13-18,21H,2,12,19-20H2,1H3;1H. The Bertz CT molecular complexity index is 772. The number of halogens is 1. The van der Waals surface area contributed by atoms with Gasteiger partial charge < -0.3 is 22.1 Å². The SMILES string of the molecule is CCC(CCCC(=O)O)[P+](c1ccccc1)(c1ccccc1)c1ccccc1.[Br-]. The van der Waals surface area contributed by atoms with E-state index in [1.165, 1.54) is 15.9 Å². The van der Waals surface area contributed by atoms with Gasteiger partial charge in [-0.15, -0.1) is 0 Å². The predicted molar refractivity (Wildman–Crippen MR) is 121 cm³/mol. The highest BCUT2D eigenvalue weighted by Crippen LogP contribution is 2.61. The molecule has 152 valence electrons. The summed E-state index contributed by atoms with van der Waals surface area (Å²) in [6.07, 6.45) is 2.87. The van der Waals surface area contributed by atoms with Crippen molar-refractivity contribution in [2.24, 2.45) is 0 Å². The fraction of sp³-hybridized carbons (Fsp3) is 0.240. The highest BCUT2D eigenvalue weighted by atomic mass is 79.9. The van der Waals surface area contributed by atoms with Gasteiger partial charge in [0.15, 0.2) is 0 Å². The minimum absolute atomic E-state index is 0. The van der Waals surface area contributed by atoms with Gasteiger partial charge in [0.05, 0.1) is 5.66 Å². The molecule has 29 heavy (non-hydrogen) atoms. The molecule has 4 heteroatoms. The van der Waals surface area contributed by atoms with E-state index in [1.807, 2.05) is 0 Å². The zero-order chi connectivity index (χ0) is 19.8. The third-order valence-corrected chi connectivity index (χ3v) is 10.5. The summed E-state index contributed by atoms with van der Waals surface area (Å²) < 4.78 is 0. The van der Waals surface area contributed by atoms with Crippen molar-refractivity contribution in [2.75, 3.05) is 0 Å². The fourth-order valence-electron chi connectivity index (χ4n) is 4.23. The zero-order valence-corrected chi connectivity index (χ0v) is 19.2. The minimum Gasteiger partial charge on any atom is -1.00 e. The van der Waals surface area contributed by atoms with E-state index >= 15 is 0 Å². The summed E-state index contributed by atoms with van der Waals surface area (Å²) in [4.78, 5) is 11.1. The van der Waals surface area contributed by atoms with Gasteiger partial charge in [0.25, 0.3) is 0 Å². The average molecular weight is 471 g/mol. The number of carbonyl (C=O) groups is 1. The van der Waals surface area contributed by atoms with Crippen molar-refractivity contribution >= 4 is 29.1 Å². The van der Waals surface area contributed by atoms with Gasteiger partial charge in [0, 0.05) is 6.42 Å². The Balaban J connectivity index is 0.00000300. The van der Waals surface area contributed by atoms with Crippen LogP contribution in [0.1, 0.15) is 32.6 Å². The Labute approximate surface area is 185 Å². The number of hydrogen-bond acceptors (Lipinski definition) is 1. The van der Waals surface area contributed by atoms with Crippen LogP contribution < -0.4 is 32.9 Å². The minimum atomic E-state index is -1.92. The third-order valence-electron chi connectivity index (χ3n) is 5.44. The quantitative estimate of drug-likeness (QED) is 0.485. The zero-order valence-electron chi connectivity index (χ0n) is 16.7. The van der Waals surface area contributed by atoms with Gasteiger partial charge in [-0.25, -0.2) is 0 Å². The molecule has 2 nitrogen and oxygen atoms in total.